The van der Waals surface area contributed by atoms with E-state index < -0.39 is 0 Å². The average Bonchev–Trinajstić information content (AvgIpc) is 2.49. The molecule has 4 nitrogen and oxygen atoms in total. The molecule has 2 unspecified atom stereocenters. The maximum atomic E-state index is 6.34. The van der Waals surface area contributed by atoms with Gasteiger partial charge in [0.2, 0.25) is 0 Å². The van der Waals surface area contributed by atoms with Crippen molar-refractivity contribution in [2.24, 2.45) is 11.7 Å². The number of fused-ring (bicyclic) bond motifs is 1. The van der Waals surface area contributed by atoms with E-state index in [0.717, 1.165) is 29.8 Å². The number of hydrogen-bond donors (Lipinski definition) is 2. The third-order valence-corrected chi connectivity index (χ3v) is 3.91. The van der Waals surface area contributed by atoms with Gasteiger partial charge >= 0.3 is 0 Å². The van der Waals surface area contributed by atoms with Crippen molar-refractivity contribution in [3.8, 4) is 5.75 Å². The molecule has 2 atom stereocenters. The molecule has 104 valence electrons. The van der Waals surface area contributed by atoms with Crippen molar-refractivity contribution in [2.45, 2.75) is 18.9 Å². The first kappa shape index (κ1) is 12.9. The monoisotopic (exact) mass is 269 g/mol. The molecule has 0 fully saturated rings. The first-order valence-corrected chi connectivity index (χ1v) is 6.88. The van der Waals surface area contributed by atoms with Crippen LogP contribution in [0.2, 0.25) is 0 Å². The predicted octanol–water partition coefficient (Wildman–Crippen LogP) is 1.78. The summed E-state index contributed by atoms with van der Waals surface area (Å²) in [4.78, 5) is 4.11. The van der Waals surface area contributed by atoms with Crippen molar-refractivity contribution in [2.75, 3.05) is 12.3 Å². The maximum absolute atomic E-state index is 6.34. The molecular weight excluding hydrogens is 250 g/mol. The fraction of sp³-hybridized carbons (Fsp3) is 0.312. The molecule has 0 spiro atoms. The SMILES string of the molecule is Nc1ccncc1CC(N)C1COc2ccccc2C1. The van der Waals surface area contributed by atoms with Crippen LogP contribution in [0, 0.1) is 5.92 Å². The van der Waals surface area contributed by atoms with Gasteiger partial charge < -0.3 is 16.2 Å². The van der Waals surface area contributed by atoms with Gasteiger partial charge in [0.1, 0.15) is 5.75 Å². The van der Waals surface area contributed by atoms with E-state index in [1.807, 2.05) is 24.3 Å². The minimum atomic E-state index is 0.0230. The highest BCUT2D eigenvalue weighted by atomic mass is 16.5. The first-order valence-electron chi connectivity index (χ1n) is 6.88. The smallest absolute Gasteiger partial charge is 0.122 e. The highest BCUT2D eigenvalue weighted by molar-refractivity contribution is 5.44. The van der Waals surface area contributed by atoms with Gasteiger partial charge in [-0.1, -0.05) is 18.2 Å². The number of pyridine rings is 1. The summed E-state index contributed by atoms with van der Waals surface area (Å²) in [5.74, 6) is 1.29. The Morgan fingerprint density at radius 1 is 1.30 bits per heavy atom. The molecule has 0 aliphatic carbocycles. The van der Waals surface area contributed by atoms with Crippen LogP contribution in [0.15, 0.2) is 42.7 Å². The number of nitrogen functional groups attached to an aromatic ring is 1. The zero-order chi connectivity index (χ0) is 13.9. The normalized spacial score (nSPS) is 18.9. The Balaban J connectivity index is 1.70. The Hall–Kier alpha value is -2.07. The maximum Gasteiger partial charge on any atom is 0.122 e. The standard InChI is InChI=1S/C16H19N3O/c17-14-5-6-19-9-12(14)8-15(18)13-7-11-3-1-2-4-16(11)20-10-13/h1-6,9,13,15H,7-8,10,18H2,(H2,17,19). The Bertz CT molecular complexity index is 600. The molecule has 1 aromatic heterocycles. The molecule has 20 heavy (non-hydrogen) atoms. The van der Waals surface area contributed by atoms with Crippen molar-refractivity contribution in [3.05, 3.63) is 53.9 Å². The molecule has 3 rings (SSSR count). The van der Waals surface area contributed by atoms with Gasteiger partial charge in [0, 0.05) is 30.0 Å². The summed E-state index contributed by atoms with van der Waals surface area (Å²) in [6.45, 7) is 0.665. The number of nitrogens with zero attached hydrogens (tertiary/aromatic N) is 1. The van der Waals surface area contributed by atoms with Gasteiger partial charge in [0.05, 0.1) is 6.61 Å². The van der Waals surface area contributed by atoms with Crippen molar-refractivity contribution < 1.29 is 4.74 Å². The molecule has 1 aliphatic heterocycles. The molecule has 4 heteroatoms. The van der Waals surface area contributed by atoms with Crippen LogP contribution in [0.5, 0.6) is 5.75 Å². The molecule has 1 aromatic carbocycles. The third-order valence-electron chi connectivity index (χ3n) is 3.91. The largest absolute Gasteiger partial charge is 0.493 e. The molecule has 2 aromatic rings. The van der Waals surface area contributed by atoms with Crippen LogP contribution in [0.3, 0.4) is 0 Å². The van der Waals surface area contributed by atoms with Crippen LogP contribution in [0.25, 0.3) is 0 Å². The average molecular weight is 269 g/mol. The topological polar surface area (TPSA) is 74.2 Å². The van der Waals surface area contributed by atoms with Gasteiger partial charge in [-0.05, 0) is 36.1 Å². The van der Waals surface area contributed by atoms with Crippen LogP contribution in [-0.4, -0.2) is 17.6 Å². The minimum absolute atomic E-state index is 0.0230. The van der Waals surface area contributed by atoms with Gasteiger partial charge in [0.15, 0.2) is 0 Å². The Morgan fingerprint density at radius 2 is 2.15 bits per heavy atom. The van der Waals surface area contributed by atoms with E-state index in [9.17, 15) is 0 Å². The van der Waals surface area contributed by atoms with Crippen LogP contribution in [0.1, 0.15) is 11.1 Å². The number of nitrogens with two attached hydrogens (primary N) is 2. The van der Waals surface area contributed by atoms with Gasteiger partial charge in [-0.25, -0.2) is 0 Å². The highest BCUT2D eigenvalue weighted by Gasteiger charge is 2.25. The van der Waals surface area contributed by atoms with E-state index in [-0.39, 0.29) is 6.04 Å². The lowest BCUT2D eigenvalue weighted by atomic mass is 9.87. The fourth-order valence-corrected chi connectivity index (χ4v) is 2.66. The van der Waals surface area contributed by atoms with Gasteiger partial charge in [0.25, 0.3) is 0 Å². The zero-order valence-electron chi connectivity index (χ0n) is 11.3. The van der Waals surface area contributed by atoms with Crippen LogP contribution >= 0.6 is 0 Å². The molecule has 4 N–H and O–H groups in total. The van der Waals surface area contributed by atoms with Crippen LogP contribution in [-0.2, 0) is 12.8 Å². The Kier molecular flexibility index (Phi) is 3.56. The van der Waals surface area contributed by atoms with E-state index >= 15 is 0 Å². The lowest BCUT2D eigenvalue weighted by Crippen LogP contribution is -2.39. The Labute approximate surface area is 118 Å². The number of rotatable bonds is 3. The molecular formula is C16H19N3O. The summed E-state index contributed by atoms with van der Waals surface area (Å²) in [5, 5.41) is 0. The minimum Gasteiger partial charge on any atom is -0.493 e. The molecule has 0 radical (unpaired) electrons. The highest BCUT2D eigenvalue weighted by Crippen LogP contribution is 2.28. The van der Waals surface area contributed by atoms with Gasteiger partial charge in [-0.3, -0.25) is 4.98 Å². The number of para-hydroxylation sites is 1. The molecule has 1 aliphatic rings. The van der Waals surface area contributed by atoms with Crippen molar-refractivity contribution in [1.29, 1.82) is 0 Å². The summed E-state index contributed by atoms with van der Waals surface area (Å²) < 4.78 is 5.80. The van der Waals surface area contributed by atoms with Crippen molar-refractivity contribution in [3.63, 3.8) is 0 Å². The number of anilines is 1. The number of benzene rings is 1. The molecule has 2 heterocycles. The lowest BCUT2D eigenvalue weighted by molar-refractivity contribution is 0.199. The zero-order valence-corrected chi connectivity index (χ0v) is 11.3. The van der Waals surface area contributed by atoms with E-state index in [1.54, 1.807) is 12.4 Å². The molecule has 0 saturated heterocycles. The van der Waals surface area contributed by atoms with Crippen molar-refractivity contribution >= 4 is 5.69 Å². The van der Waals surface area contributed by atoms with Crippen LogP contribution in [0.4, 0.5) is 5.69 Å². The van der Waals surface area contributed by atoms with Gasteiger partial charge in [-0.2, -0.15) is 0 Å². The second-order valence-electron chi connectivity index (χ2n) is 5.33. The second kappa shape index (κ2) is 5.51. The van der Waals surface area contributed by atoms with E-state index in [0.29, 0.717) is 12.5 Å². The van der Waals surface area contributed by atoms with Gasteiger partial charge in [-0.15, -0.1) is 0 Å². The van der Waals surface area contributed by atoms with Crippen molar-refractivity contribution in [1.82, 2.24) is 4.98 Å². The number of ether oxygens (including phenoxy) is 1. The van der Waals surface area contributed by atoms with E-state index in [4.69, 9.17) is 16.2 Å². The molecule has 0 saturated carbocycles. The number of aromatic nitrogens is 1. The molecule has 0 bridgehead atoms. The third kappa shape index (κ3) is 2.60. The summed E-state index contributed by atoms with van der Waals surface area (Å²) in [6.07, 6.45) is 5.19. The summed E-state index contributed by atoms with van der Waals surface area (Å²) in [5.41, 5.74) is 15.3. The summed E-state index contributed by atoms with van der Waals surface area (Å²) in [6, 6.07) is 9.98. The summed E-state index contributed by atoms with van der Waals surface area (Å²) >= 11 is 0. The fourth-order valence-electron chi connectivity index (χ4n) is 2.66. The lowest BCUT2D eigenvalue weighted by Gasteiger charge is -2.29. The molecule has 0 amide bonds. The first-order chi connectivity index (χ1) is 9.74. The Morgan fingerprint density at radius 3 is 3.00 bits per heavy atom. The quantitative estimate of drug-likeness (QED) is 0.890. The number of hydrogen-bond acceptors (Lipinski definition) is 4. The predicted molar refractivity (Wildman–Crippen MR) is 79.5 cm³/mol. The van der Waals surface area contributed by atoms with Crippen LogP contribution < -0.4 is 16.2 Å². The summed E-state index contributed by atoms with van der Waals surface area (Å²) in [7, 11) is 0. The second-order valence-corrected chi connectivity index (χ2v) is 5.33. The van der Waals surface area contributed by atoms with E-state index in [2.05, 4.69) is 11.1 Å². The van der Waals surface area contributed by atoms with E-state index in [1.165, 1.54) is 5.56 Å².